The topological polar surface area (TPSA) is 46.9 Å². The minimum absolute atomic E-state index is 0.0956. The summed E-state index contributed by atoms with van der Waals surface area (Å²) in [6.45, 7) is 5.85. The molecule has 5 heteroatoms. The number of amides is 1. The van der Waals surface area contributed by atoms with Gasteiger partial charge in [0.1, 0.15) is 0 Å². The molecule has 0 atom stereocenters. The van der Waals surface area contributed by atoms with Crippen molar-refractivity contribution in [2.24, 2.45) is 7.05 Å². The maximum Gasteiger partial charge on any atom is 0.251 e. The van der Waals surface area contributed by atoms with Crippen molar-refractivity contribution in [3.05, 3.63) is 29.0 Å². The molecule has 1 aromatic carbocycles. The molecule has 1 heterocycles. The standard InChI is InChI=1S/C13H16ClN3O/c1-13(2,3)16-11(18)8-5-6-9-10(7-8)17(4)12(14)15-9/h5-7H,1-4H3,(H,16,18). The molecular formula is C13H16ClN3O. The third-order valence-corrected chi connectivity index (χ3v) is 2.92. The fourth-order valence-electron chi connectivity index (χ4n) is 1.71. The molecule has 0 aliphatic carbocycles. The first kappa shape index (κ1) is 12.9. The van der Waals surface area contributed by atoms with Gasteiger partial charge in [-0.25, -0.2) is 4.98 Å². The largest absolute Gasteiger partial charge is 0.347 e. The van der Waals surface area contributed by atoms with E-state index in [2.05, 4.69) is 10.3 Å². The zero-order chi connectivity index (χ0) is 13.5. The molecule has 0 bridgehead atoms. The first-order valence-corrected chi connectivity index (χ1v) is 6.10. The molecule has 1 aromatic heterocycles. The first-order chi connectivity index (χ1) is 8.28. The molecule has 0 unspecified atom stereocenters. The highest BCUT2D eigenvalue weighted by Crippen LogP contribution is 2.19. The summed E-state index contributed by atoms with van der Waals surface area (Å²) < 4.78 is 1.75. The van der Waals surface area contributed by atoms with Crippen LogP contribution in [0.5, 0.6) is 0 Å². The van der Waals surface area contributed by atoms with Crippen LogP contribution in [0.2, 0.25) is 5.28 Å². The number of benzene rings is 1. The number of nitrogens with zero attached hydrogens (tertiary/aromatic N) is 2. The number of aromatic nitrogens is 2. The maximum absolute atomic E-state index is 12.0. The second kappa shape index (κ2) is 4.28. The molecule has 1 amide bonds. The lowest BCUT2D eigenvalue weighted by Gasteiger charge is -2.20. The van der Waals surface area contributed by atoms with Crippen LogP contribution in [0.4, 0.5) is 0 Å². The van der Waals surface area contributed by atoms with Crippen LogP contribution in [-0.2, 0) is 7.05 Å². The first-order valence-electron chi connectivity index (χ1n) is 5.72. The second-order valence-electron chi connectivity index (χ2n) is 5.35. The zero-order valence-electron chi connectivity index (χ0n) is 10.9. The molecule has 18 heavy (non-hydrogen) atoms. The van der Waals surface area contributed by atoms with Crippen LogP contribution in [0.1, 0.15) is 31.1 Å². The van der Waals surface area contributed by atoms with Crippen molar-refractivity contribution in [2.75, 3.05) is 0 Å². The lowest BCUT2D eigenvalue weighted by atomic mass is 10.1. The molecule has 0 saturated carbocycles. The highest BCUT2D eigenvalue weighted by Gasteiger charge is 2.16. The van der Waals surface area contributed by atoms with Crippen molar-refractivity contribution < 1.29 is 4.79 Å². The van der Waals surface area contributed by atoms with Gasteiger partial charge in [0.15, 0.2) is 0 Å². The molecule has 0 spiro atoms. The Hall–Kier alpha value is -1.55. The lowest BCUT2D eigenvalue weighted by Crippen LogP contribution is -2.40. The van der Waals surface area contributed by atoms with Gasteiger partial charge in [-0.2, -0.15) is 0 Å². The minimum atomic E-state index is -0.254. The van der Waals surface area contributed by atoms with Crippen LogP contribution in [0.25, 0.3) is 11.0 Å². The summed E-state index contributed by atoms with van der Waals surface area (Å²) in [5, 5.41) is 3.34. The molecular weight excluding hydrogens is 250 g/mol. The Balaban J connectivity index is 2.41. The lowest BCUT2D eigenvalue weighted by molar-refractivity contribution is 0.0919. The summed E-state index contributed by atoms with van der Waals surface area (Å²) >= 11 is 5.94. The van der Waals surface area contributed by atoms with Crippen molar-refractivity contribution >= 4 is 28.5 Å². The van der Waals surface area contributed by atoms with E-state index in [1.54, 1.807) is 22.8 Å². The van der Waals surface area contributed by atoms with Gasteiger partial charge in [0.05, 0.1) is 11.0 Å². The smallest absolute Gasteiger partial charge is 0.251 e. The number of rotatable bonds is 1. The molecule has 0 radical (unpaired) electrons. The second-order valence-corrected chi connectivity index (χ2v) is 5.69. The monoisotopic (exact) mass is 265 g/mol. The van der Waals surface area contributed by atoms with Gasteiger partial charge in [0, 0.05) is 18.2 Å². The fraction of sp³-hybridized carbons (Fsp3) is 0.385. The van der Waals surface area contributed by atoms with Crippen molar-refractivity contribution in [1.29, 1.82) is 0 Å². The fourth-order valence-corrected chi connectivity index (χ4v) is 1.90. The van der Waals surface area contributed by atoms with Gasteiger partial charge in [0.25, 0.3) is 5.91 Å². The Morgan fingerprint density at radius 2 is 2.06 bits per heavy atom. The van der Waals surface area contributed by atoms with E-state index >= 15 is 0 Å². The van der Waals surface area contributed by atoms with Crippen molar-refractivity contribution in [3.8, 4) is 0 Å². The van der Waals surface area contributed by atoms with Crippen LogP contribution in [0, 0.1) is 0 Å². The summed E-state index contributed by atoms with van der Waals surface area (Å²) in [5.41, 5.74) is 1.99. The number of imidazole rings is 1. The van der Waals surface area contributed by atoms with Crippen LogP contribution < -0.4 is 5.32 Å². The van der Waals surface area contributed by atoms with Crippen molar-refractivity contribution in [2.45, 2.75) is 26.3 Å². The maximum atomic E-state index is 12.0. The SMILES string of the molecule is Cn1c(Cl)nc2ccc(C(=O)NC(C)(C)C)cc21. The summed E-state index contributed by atoms with van der Waals surface area (Å²) in [6.07, 6.45) is 0. The zero-order valence-corrected chi connectivity index (χ0v) is 11.7. The highest BCUT2D eigenvalue weighted by molar-refractivity contribution is 6.29. The minimum Gasteiger partial charge on any atom is -0.347 e. The summed E-state index contributed by atoms with van der Waals surface area (Å²) in [4.78, 5) is 16.2. The van der Waals surface area contributed by atoms with Gasteiger partial charge in [-0.05, 0) is 50.6 Å². The van der Waals surface area contributed by atoms with E-state index in [1.807, 2.05) is 27.8 Å². The third kappa shape index (κ3) is 2.48. The number of halogens is 1. The van der Waals surface area contributed by atoms with Crippen molar-refractivity contribution in [3.63, 3.8) is 0 Å². The predicted molar refractivity (Wildman–Crippen MR) is 72.9 cm³/mol. The van der Waals surface area contributed by atoms with E-state index in [-0.39, 0.29) is 11.4 Å². The predicted octanol–water partition coefficient (Wildman–Crippen LogP) is 2.76. The molecule has 4 nitrogen and oxygen atoms in total. The van der Waals surface area contributed by atoms with Gasteiger partial charge >= 0.3 is 0 Å². The Morgan fingerprint density at radius 3 is 2.67 bits per heavy atom. The number of nitrogens with one attached hydrogen (secondary N) is 1. The number of carbonyl (C=O) groups excluding carboxylic acids is 1. The number of carbonyl (C=O) groups is 1. The average Bonchev–Trinajstić information content (AvgIpc) is 2.52. The number of hydrogen-bond acceptors (Lipinski definition) is 2. The van der Waals surface area contributed by atoms with Gasteiger partial charge in [-0.15, -0.1) is 0 Å². The molecule has 0 saturated heterocycles. The van der Waals surface area contributed by atoms with Gasteiger partial charge < -0.3 is 9.88 Å². The normalized spacial score (nSPS) is 11.8. The Morgan fingerprint density at radius 1 is 1.39 bits per heavy atom. The van der Waals surface area contributed by atoms with E-state index in [1.165, 1.54) is 0 Å². The highest BCUT2D eigenvalue weighted by atomic mass is 35.5. The molecule has 2 aromatic rings. The van der Waals surface area contributed by atoms with E-state index in [0.29, 0.717) is 10.8 Å². The van der Waals surface area contributed by atoms with E-state index in [9.17, 15) is 4.79 Å². The van der Waals surface area contributed by atoms with Crippen LogP contribution in [0.3, 0.4) is 0 Å². The van der Waals surface area contributed by atoms with Gasteiger partial charge in [0.2, 0.25) is 5.28 Å². The Kier molecular flexibility index (Phi) is 3.07. The van der Waals surface area contributed by atoms with Gasteiger partial charge in [-0.1, -0.05) is 0 Å². The molecule has 0 fully saturated rings. The summed E-state index contributed by atoms with van der Waals surface area (Å²) in [7, 11) is 1.82. The average molecular weight is 266 g/mol. The number of fused-ring (bicyclic) bond motifs is 1. The van der Waals surface area contributed by atoms with Crippen LogP contribution in [-0.4, -0.2) is 21.0 Å². The van der Waals surface area contributed by atoms with E-state index in [4.69, 9.17) is 11.6 Å². The Bertz CT molecular complexity index is 610. The van der Waals surface area contributed by atoms with Crippen LogP contribution in [0.15, 0.2) is 18.2 Å². The molecule has 96 valence electrons. The van der Waals surface area contributed by atoms with E-state index in [0.717, 1.165) is 11.0 Å². The third-order valence-electron chi connectivity index (χ3n) is 2.58. The molecule has 2 rings (SSSR count). The Labute approximate surface area is 111 Å². The molecule has 1 N–H and O–H groups in total. The number of hydrogen-bond donors (Lipinski definition) is 1. The quantitative estimate of drug-likeness (QED) is 0.862. The summed E-state index contributed by atoms with van der Waals surface area (Å²) in [6, 6.07) is 5.36. The molecule has 0 aliphatic rings. The molecule has 0 aliphatic heterocycles. The number of aryl methyl sites for hydroxylation is 1. The summed E-state index contributed by atoms with van der Waals surface area (Å²) in [5.74, 6) is -0.0956. The van der Waals surface area contributed by atoms with Gasteiger partial charge in [-0.3, -0.25) is 4.79 Å². The van der Waals surface area contributed by atoms with Crippen LogP contribution >= 0.6 is 11.6 Å². The van der Waals surface area contributed by atoms with Crippen molar-refractivity contribution in [1.82, 2.24) is 14.9 Å². The van der Waals surface area contributed by atoms with E-state index < -0.39 is 0 Å².